The van der Waals surface area contributed by atoms with E-state index in [4.69, 9.17) is 16.3 Å². The summed E-state index contributed by atoms with van der Waals surface area (Å²) in [6.45, 7) is 3.34. The zero-order chi connectivity index (χ0) is 17.1. The van der Waals surface area contributed by atoms with Gasteiger partial charge < -0.3 is 19.9 Å². The lowest BCUT2D eigenvalue weighted by Crippen LogP contribution is -2.56. The molecule has 2 saturated heterocycles. The van der Waals surface area contributed by atoms with Crippen molar-refractivity contribution in [1.82, 2.24) is 15.1 Å². The summed E-state index contributed by atoms with van der Waals surface area (Å²) >= 11 is 5.71. The average Bonchev–Trinajstić information content (AvgIpc) is 2.61. The van der Waals surface area contributed by atoms with Crippen LogP contribution in [0.15, 0.2) is 18.2 Å². The maximum Gasteiger partial charge on any atom is 0.256 e. The van der Waals surface area contributed by atoms with E-state index < -0.39 is 11.9 Å². The quantitative estimate of drug-likeness (QED) is 0.850. The van der Waals surface area contributed by atoms with Crippen LogP contribution in [0.25, 0.3) is 0 Å². The Balaban J connectivity index is 1.58. The van der Waals surface area contributed by atoms with Crippen molar-refractivity contribution in [3.63, 3.8) is 0 Å². The number of benzene rings is 1. The molecule has 0 aromatic heterocycles. The van der Waals surface area contributed by atoms with Crippen molar-refractivity contribution < 1.29 is 18.7 Å². The van der Waals surface area contributed by atoms with Gasteiger partial charge in [-0.05, 0) is 18.2 Å². The number of rotatable bonds is 2. The molecular weight excluding hydrogens is 337 g/mol. The normalized spacial score (nSPS) is 21.7. The van der Waals surface area contributed by atoms with Crippen LogP contribution in [0, 0.1) is 5.82 Å². The van der Waals surface area contributed by atoms with Gasteiger partial charge in [0.25, 0.3) is 11.8 Å². The Bertz CT molecular complexity index is 629. The van der Waals surface area contributed by atoms with E-state index in [2.05, 4.69) is 5.32 Å². The van der Waals surface area contributed by atoms with Crippen LogP contribution in [0.3, 0.4) is 0 Å². The standard InChI is InChI=1S/C16H19ClFN3O3/c17-11-1-2-12(13(18)9-11)15(22)20-4-6-21(7-5-20)16(23)14-10-19-3-8-24-14/h1-2,9,14,19H,3-8,10H2. The van der Waals surface area contributed by atoms with Gasteiger partial charge in [-0.2, -0.15) is 0 Å². The number of nitrogens with zero attached hydrogens (tertiary/aromatic N) is 2. The van der Waals surface area contributed by atoms with Crippen LogP contribution in [0.5, 0.6) is 0 Å². The third kappa shape index (κ3) is 3.68. The summed E-state index contributed by atoms with van der Waals surface area (Å²) in [5.74, 6) is -1.08. The summed E-state index contributed by atoms with van der Waals surface area (Å²) in [6.07, 6.45) is -0.463. The van der Waals surface area contributed by atoms with Gasteiger partial charge in [-0.1, -0.05) is 11.6 Å². The molecule has 8 heteroatoms. The topological polar surface area (TPSA) is 61.9 Å². The SMILES string of the molecule is O=C(c1ccc(Cl)cc1F)N1CCN(C(=O)C2CNCCO2)CC1. The molecule has 2 aliphatic rings. The van der Waals surface area contributed by atoms with Gasteiger partial charge in [0.1, 0.15) is 11.9 Å². The zero-order valence-corrected chi connectivity index (χ0v) is 13.9. The minimum Gasteiger partial charge on any atom is -0.366 e. The van der Waals surface area contributed by atoms with Gasteiger partial charge in [0, 0.05) is 44.3 Å². The van der Waals surface area contributed by atoms with E-state index in [0.29, 0.717) is 39.3 Å². The predicted octanol–water partition coefficient (Wildman–Crippen LogP) is 0.752. The Morgan fingerprint density at radius 1 is 1.21 bits per heavy atom. The minimum atomic E-state index is -0.632. The fourth-order valence-corrected chi connectivity index (χ4v) is 3.05. The summed E-state index contributed by atoms with van der Waals surface area (Å²) in [7, 11) is 0. The molecule has 0 radical (unpaired) electrons. The summed E-state index contributed by atoms with van der Waals surface area (Å²) in [6, 6.07) is 4.01. The number of morpholine rings is 1. The van der Waals surface area contributed by atoms with E-state index in [1.165, 1.54) is 12.1 Å². The first kappa shape index (κ1) is 17.1. The molecule has 1 aromatic rings. The molecule has 0 saturated carbocycles. The van der Waals surface area contributed by atoms with Crippen LogP contribution < -0.4 is 5.32 Å². The number of hydrogen-bond acceptors (Lipinski definition) is 4. The predicted molar refractivity (Wildman–Crippen MR) is 86.5 cm³/mol. The number of amides is 2. The third-order valence-electron chi connectivity index (χ3n) is 4.24. The molecule has 6 nitrogen and oxygen atoms in total. The summed E-state index contributed by atoms with van der Waals surface area (Å²) in [5, 5.41) is 3.38. The maximum atomic E-state index is 13.9. The Hall–Kier alpha value is -1.70. The van der Waals surface area contributed by atoms with Crippen molar-refractivity contribution in [2.75, 3.05) is 45.9 Å². The Kier molecular flexibility index (Phi) is 5.33. The van der Waals surface area contributed by atoms with Crippen LogP contribution in [-0.4, -0.2) is 73.6 Å². The summed E-state index contributed by atoms with van der Waals surface area (Å²) in [5.41, 5.74) is -0.000935. The monoisotopic (exact) mass is 355 g/mol. The molecule has 1 unspecified atom stereocenters. The van der Waals surface area contributed by atoms with Crippen LogP contribution in [0.2, 0.25) is 5.02 Å². The first-order valence-electron chi connectivity index (χ1n) is 7.91. The Morgan fingerprint density at radius 3 is 2.54 bits per heavy atom. The highest BCUT2D eigenvalue weighted by atomic mass is 35.5. The second-order valence-corrected chi connectivity index (χ2v) is 6.24. The van der Waals surface area contributed by atoms with Crippen molar-refractivity contribution in [2.24, 2.45) is 0 Å². The lowest BCUT2D eigenvalue weighted by Gasteiger charge is -2.37. The van der Waals surface area contributed by atoms with Crippen LogP contribution in [0.4, 0.5) is 4.39 Å². The van der Waals surface area contributed by atoms with Crippen molar-refractivity contribution in [3.8, 4) is 0 Å². The Labute approximate surface area is 144 Å². The van der Waals surface area contributed by atoms with E-state index in [1.807, 2.05) is 0 Å². The number of carbonyl (C=O) groups is 2. The zero-order valence-electron chi connectivity index (χ0n) is 13.1. The molecule has 0 aliphatic carbocycles. The lowest BCUT2D eigenvalue weighted by molar-refractivity contribution is -0.146. The molecule has 1 aromatic carbocycles. The highest BCUT2D eigenvalue weighted by Gasteiger charge is 2.31. The second-order valence-electron chi connectivity index (χ2n) is 5.81. The van der Waals surface area contributed by atoms with Crippen LogP contribution in [0.1, 0.15) is 10.4 Å². The van der Waals surface area contributed by atoms with E-state index in [-0.39, 0.29) is 22.4 Å². The van der Waals surface area contributed by atoms with Gasteiger partial charge >= 0.3 is 0 Å². The Morgan fingerprint density at radius 2 is 1.92 bits per heavy atom. The smallest absolute Gasteiger partial charge is 0.256 e. The summed E-state index contributed by atoms with van der Waals surface area (Å²) < 4.78 is 19.4. The van der Waals surface area contributed by atoms with Gasteiger partial charge in [-0.15, -0.1) is 0 Å². The first-order valence-corrected chi connectivity index (χ1v) is 8.29. The maximum absolute atomic E-state index is 13.9. The van der Waals surface area contributed by atoms with Crippen molar-refractivity contribution >= 4 is 23.4 Å². The lowest BCUT2D eigenvalue weighted by atomic mass is 10.1. The molecule has 2 amide bonds. The van der Waals surface area contributed by atoms with Gasteiger partial charge in [0.05, 0.1) is 12.2 Å². The number of hydrogen-bond donors (Lipinski definition) is 1. The molecule has 2 aliphatic heterocycles. The molecule has 130 valence electrons. The third-order valence-corrected chi connectivity index (χ3v) is 4.48. The molecule has 0 bridgehead atoms. The van der Waals surface area contributed by atoms with Gasteiger partial charge in [-0.25, -0.2) is 4.39 Å². The van der Waals surface area contributed by atoms with E-state index >= 15 is 0 Å². The van der Waals surface area contributed by atoms with Crippen molar-refractivity contribution in [2.45, 2.75) is 6.10 Å². The second kappa shape index (κ2) is 7.46. The largest absolute Gasteiger partial charge is 0.366 e. The number of nitrogens with one attached hydrogen (secondary N) is 1. The first-order chi connectivity index (χ1) is 11.6. The number of ether oxygens (including phenoxy) is 1. The van der Waals surface area contributed by atoms with E-state index in [1.54, 1.807) is 9.80 Å². The molecule has 24 heavy (non-hydrogen) atoms. The van der Waals surface area contributed by atoms with E-state index in [0.717, 1.165) is 12.6 Å². The summed E-state index contributed by atoms with van der Waals surface area (Å²) in [4.78, 5) is 28.0. The fourth-order valence-electron chi connectivity index (χ4n) is 2.89. The molecule has 3 rings (SSSR count). The average molecular weight is 356 g/mol. The molecule has 2 heterocycles. The number of halogens is 2. The van der Waals surface area contributed by atoms with Gasteiger partial charge in [-0.3, -0.25) is 9.59 Å². The number of piperazine rings is 1. The van der Waals surface area contributed by atoms with Crippen molar-refractivity contribution in [1.29, 1.82) is 0 Å². The van der Waals surface area contributed by atoms with Gasteiger partial charge in [0.2, 0.25) is 0 Å². The molecule has 0 spiro atoms. The van der Waals surface area contributed by atoms with Gasteiger partial charge in [0.15, 0.2) is 0 Å². The van der Waals surface area contributed by atoms with Crippen molar-refractivity contribution in [3.05, 3.63) is 34.6 Å². The highest BCUT2D eigenvalue weighted by Crippen LogP contribution is 2.17. The van der Waals surface area contributed by atoms with E-state index in [9.17, 15) is 14.0 Å². The highest BCUT2D eigenvalue weighted by molar-refractivity contribution is 6.30. The molecule has 1 atom stereocenters. The molecular formula is C16H19ClFN3O3. The minimum absolute atomic E-state index is 0.000935. The number of carbonyl (C=O) groups excluding carboxylic acids is 2. The fraction of sp³-hybridized carbons (Fsp3) is 0.500. The molecule has 1 N–H and O–H groups in total. The van der Waals surface area contributed by atoms with Crippen LogP contribution in [-0.2, 0) is 9.53 Å². The molecule has 2 fully saturated rings. The van der Waals surface area contributed by atoms with Crippen LogP contribution >= 0.6 is 11.6 Å².